The maximum atomic E-state index is 9.58. The minimum atomic E-state index is 0.619. The monoisotopic (exact) mass is 306 g/mol. The predicted octanol–water partition coefficient (Wildman–Crippen LogP) is 4.99. The molecule has 2 aromatic heterocycles. The summed E-state index contributed by atoms with van der Waals surface area (Å²) in [6.07, 6.45) is 1.63. The molecule has 22 heavy (non-hydrogen) atoms. The first kappa shape index (κ1) is 14.4. The van der Waals surface area contributed by atoms with Crippen molar-refractivity contribution in [2.45, 2.75) is 11.9 Å². The van der Waals surface area contributed by atoms with Gasteiger partial charge < -0.3 is 4.42 Å². The van der Waals surface area contributed by atoms with E-state index in [9.17, 15) is 5.26 Å². The molecule has 108 valence electrons. The van der Waals surface area contributed by atoms with Gasteiger partial charge in [-0.3, -0.25) is 0 Å². The number of pyridine rings is 1. The van der Waals surface area contributed by atoms with E-state index in [2.05, 4.69) is 18.0 Å². The third kappa shape index (κ3) is 2.76. The molecule has 4 heteroatoms. The molecule has 0 amide bonds. The molecule has 0 unspecified atom stereocenters. The first-order valence-electron chi connectivity index (χ1n) is 7.00. The van der Waals surface area contributed by atoms with E-state index in [4.69, 9.17) is 4.42 Å². The maximum Gasteiger partial charge on any atom is 0.152 e. The number of aromatic nitrogens is 1. The van der Waals surface area contributed by atoms with Gasteiger partial charge in [-0.15, -0.1) is 11.8 Å². The Balaban J connectivity index is 2.24. The number of thioether (sulfide) groups is 1. The van der Waals surface area contributed by atoms with Crippen LogP contribution in [0.4, 0.5) is 0 Å². The first-order chi connectivity index (χ1) is 10.8. The Bertz CT molecular complexity index is 805. The quantitative estimate of drug-likeness (QED) is 0.637. The molecule has 0 atom stereocenters. The lowest BCUT2D eigenvalue weighted by molar-refractivity contribution is 0.579. The molecule has 0 saturated heterocycles. The maximum absolute atomic E-state index is 9.58. The molecule has 3 nitrogen and oxygen atoms in total. The fraction of sp³-hybridized carbons (Fsp3) is 0.111. The number of nitrogens with zero attached hydrogens (tertiary/aromatic N) is 2. The van der Waals surface area contributed by atoms with Gasteiger partial charge in [-0.1, -0.05) is 37.3 Å². The van der Waals surface area contributed by atoms with Crippen molar-refractivity contribution in [3.63, 3.8) is 0 Å². The van der Waals surface area contributed by atoms with E-state index in [1.54, 1.807) is 18.0 Å². The number of hydrogen-bond acceptors (Lipinski definition) is 4. The summed E-state index contributed by atoms with van der Waals surface area (Å²) in [5.41, 5.74) is 3.26. The van der Waals surface area contributed by atoms with Crippen LogP contribution in [0.2, 0.25) is 0 Å². The second-order valence-corrected chi connectivity index (χ2v) is 5.88. The van der Waals surface area contributed by atoms with Gasteiger partial charge >= 0.3 is 0 Å². The van der Waals surface area contributed by atoms with Gasteiger partial charge in [0.25, 0.3) is 0 Å². The Morgan fingerprint density at radius 1 is 1.18 bits per heavy atom. The number of furan rings is 1. The number of nitriles is 1. The van der Waals surface area contributed by atoms with Crippen molar-refractivity contribution in [1.29, 1.82) is 5.26 Å². The summed E-state index contributed by atoms with van der Waals surface area (Å²) >= 11 is 1.57. The lowest BCUT2D eigenvalue weighted by Gasteiger charge is -2.10. The van der Waals surface area contributed by atoms with Crippen LogP contribution in [0, 0.1) is 11.3 Å². The molecule has 0 aliphatic carbocycles. The van der Waals surface area contributed by atoms with Crippen LogP contribution >= 0.6 is 11.8 Å². The summed E-state index contributed by atoms with van der Waals surface area (Å²) in [6.45, 7) is 2.05. The number of hydrogen-bond donors (Lipinski definition) is 0. The molecular formula is C18H14N2OS. The van der Waals surface area contributed by atoms with Gasteiger partial charge in [0.15, 0.2) is 5.76 Å². The molecule has 3 rings (SSSR count). The van der Waals surface area contributed by atoms with Crippen molar-refractivity contribution in [3.05, 3.63) is 60.4 Å². The molecule has 0 spiro atoms. The third-order valence-electron chi connectivity index (χ3n) is 3.24. The average molecular weight is 306 g/mol. The molecule has 2 heterocycles. The highest BCUT2D eigenvalue weighted by molar-refractivity contribution is 7.99. The van der Waals surface area contributed by atoms with Gasteiger partial charge in [-0.05, 0) is 29.5 Å². The van der Waals surface area contributed by atoms with E-state index < -0.39 is 0 Å². The smallest absolute Gasteiger partial charge is 0.152 e. The van der Waals surface area contributed by atoms with Gasteiger partial charge in [0.1, 0.15) is 16.8 Å². The Kier molecular flexibility index (Phi) is 4.27. The van der Waals surface area contributed by atoms with Crippen LogP contribution in [-0.4, -0.2) is 10.7 Å². The van der Waals surface area contributed by atoms with Crippen molar-refractivity contribution >= 4 is 11.8 Å². The lowest BCUT2D eigenvalue weighted by Crippen LogP contribution is -1.95. The van der Waals surface area contributed by atoms with Crippen molar-refractivity contribution < 1.29 is 4.42 Å². The zero-order valence-electron chi connectivity index (χ0n) is 12.1. The number of rotatable bonds is 4. The van der Waals surface area contributed by atoms with Crippen molar-refractivity contribution in [2.75, 3.05) is 5.75 Å². The molecule has 1 aromatic carbocycles. The van der Waals surface area contributed by atoms with Gasteiger partial charge in [0.2, 0.25) is 0 Å². The topological polar surface area (TPSA) is 49.8 Å². The normalized spacial score (nSPS) is 10.4. The third-order valence-corrected chi connectivity index (χ3v) is 4.10. The first-order valence-corrected chi connectivity index (χ1v) is 7.99. The zero-order valence-corrected chi connectivity index (χ0v) is 12.9. The van der Waals surface area contributed by atoms with Crippen LogP contribution in [0.3, 0.4) is 0 Å². The van der Waals surface area contributed by atoms with Gasteiger partial charge in [0, 0.05) is 5.56 Å². The molecule has 3 aromatic rings. The van der Waals surface area contributed by atoms with E-state index >= 15 is 0 Å². The Morgan fingerprint density at radius 3 is 2.64 bits per heavy atom. The van der Waals surface area contributed by atoms with Crippen LogP contribution < -0.4 is 0 Å². The van der Waals surface area contributed by atoms with Gasteiger partial charge in [-0.25, -0.2) is 4.98 Å². The standard InChI is InChI=1S/C18H14N2OS/c1-2-22-18-15(12-19)14(13-7-4-3-5-8-13)11-16(20-18)17-9-6-10-21-17/h3-11H,2H2,1H3. The fourth-order valence-electron chi connectivity index (χ4n) is 2.27. The van der Waals surface area contributed by atoms with Crippen LogP contribution in [0.15, 0.2) is 64.2 Å². The lowest BCUT2D eigenvalue weighted by atomic mass is 10.0. The molecule has 0 radical (unpaired) electrons. The molecule has 0 aliphatic rings. The largest absolute Gasteiger partial charge is 0.463 e. The minimum Gasteiger partial charge on any atom is -0.463 e. The Morgan fingerprint density at radius 2 is 2.00 bits per heavy atom. The van der Waals surface area contributed by atoms with Crippen molar-refractivity contribution in [2.24, 2.45) is 0 Å². The summed E-state index contributed by atoms with van der Waals surface area (Å²) in [5, 5.41) is 10.3. The number of benzene rings is 1. The van der Waals surface area contributed by atoms with Gasteiger partial charge in [-0.2, -0.15) is 5.26 Å². The van der Waals surface area contributed by atoms with E-state index in [0.717, 1.165) is 27.6 Å². The van der Waals surface area contributed by atoms with Gasteiger partial charge in [0.05, 0.1) is 11.8 Å². The summed E-state index contributed by atoms with van der Waals surface area (Å²) < 4.78 is 5.46. The summed E-state index contributed by atoms with van der Waals surface area (Å²) in [5.74, 6) is 1.57. The highest BCUT2D eigenvalue weighted by atomic mass is 32.2. The summed E-state index contributed by atoms with van der Waals surface area (Å²) in [7, 11) is 0. The summed E-state index contributed by atoms with van der Waals surface area (Å²) in [4.78, 5) is 4.61. The van der Waals surface area contributed by atoms with E-state index in [1.165, 1.54) is 0 Å². The highest BCUT2D eigenvalue weighted by Gasteiger charge is 2.16. The SMILES string of the molecule is CCSc1nc(-c2ccco2)cc(-c2ccccc2)c1C#N. The predicted molar refractivity (Wildman–Crippen MR) is 88.5 cm³/mol. The molecule has 0 N–H and O–H groups in total. The Labute approximate surface area is 133 Å². The molecule has 0 saturated carbocycles. The van der Waals surface area contributed by atoms with E-state index in [0.29, 0.717) is 11.3 Å². The Hall–Kier alpha value is -2.51. The van der Waals surface area contributed by atoms with Crippen LogP contribution in [0.1, 0.15) is 12.5 Å². The molecular weight excluding hydrogens is 292 g/mol. The molecule has 0 aliphatic heterocycles. The zero-order chi connectivity index (χ0) is 15.4. The van der Waals surface area contributed by atoms with Crippen LogP contribution in [0.25, 0.3) is 22.6 Å². The fourth-order valence-corrected chi connectivity index (χ4v) is 3.00. The minimum absolute atomic E-state index is 0.619. The van der Waals surface area contributed by atoms with E-state index in [-0.39, 0.29) is 0 Å². The van der Waals surface area contributed by atoms with Crippen LogP contribution in [-0.2, 0) is 0 Å². The van der Waals surface area contributed by atoms with Crippen LogP contribution in [0.5, 0.6) is 0 Å². The molecule has 0 fully saturated rings. The highest BCUT2D eigenvalue weighted by Crippen LogP contribution is 2.34. The second kappa shape index (κ2) is 6.50. The second-order valence-electron chi connectivity index (χ2n) is 4.62. The summed E-state index contributed by atoms with van der Waals surface area (Å²) in [6, 6.07) is 17.9. The van der Waals surface area contributed by atoms with Crippen molar-refractivity contribution in [1.82, 2.24) is 4.98 Å². The van der Waals surface area contributed by atoms with E-state index in [1.807, 2.05) is 48.5 Å². The van der Waals surface area contributed by atoms with Crippen molar-refractivity contribution in [3.8, 4) is 28.7 Å². The molecule has 0 bridgehead atoms. The average Bonchev–Trinajstić information content (AvgIpc) is 3.10.